The molecule has 0 radical (unpaired) electrons. The third-order valence-corrected chi connectivity index (χ3v) is 7.24. The van der Waals surface area contributed by atoms with Crippen LogP contribution in [0.2, 0.25) is 0 Å². The zero-order chi connectivity index (χ0) is 22.9. The van der Waals surface area contributed by atoms with Crippen molar-refractivity contribution in [2.75, 3.05) is 16.8 Å². The first kappa shape index (κ1) is 20.0. The van der Waals surface area contributed by atoms with Gasteiger partial charge >= 0.3 is 0 Å². The molecule has 6 rings (SSSR count). The second-order valence-corrected chi connectivity index (χ2v) is 9.24. The summed E-state index contributed by atoms with van der Waals surface area (Å²) in [5.41, 5.74) is 8.41. The molecule has 1 spiro atoms. The SMILES string of the molecule is CCCN1C(=O)C2(Nc3ccccc3-c3nc4cc(C)c(C)cc4n32)c2cc(CC)ccc21. The third-order valence-electron chi connectivity index (χ3n) is 7.24. The number of amides is 1. The van der Waals surface area contributed by atoms with Crippen molar-refractivity contribution < 1.29 is 4.79 Å². The Morgan fingerprint density at radius 1 is 1.00 bits per heavy atom. The van der Waals surface area contributed by atoms with Crippen LogP contribution in [-0.2, 0) is 16.9 Å². The first-order chi connectivity index (χ1) is 16.0. The van der Waals surface area contributed by atoms with Crippen LogP contribution in [0, 0.1) is 13.8 Å². The number of para-hydroxylation sites is 1. The Hall–Kier alpha value is -3.60. The van der Waals surface area contributed by atoms with E-state index in [9.17, 15) is 4.79 Å². The fourth-order valence-electron chi connectivity index (χ4n) is 5.42. The molecule has 166 valence electrons. The van der Waals surface area contributed by atoms with Crippen molar-refractivity contribution in [1.29, 1.82) is 0 Å². The molecule has 0 saturated carbocycles. The fraction of sp³-hybridized carbons (Fsp3) is 0.286. The van der Waals surface area contributed by atoms with Gasteiger partial charge in [-0.1, -0.05) is 32.0 Å². The summed E-state index contributed by atoms with van der Waals surface area (Å²) in [5, 5.41) is 3.72. The lowest BCUT2D eigenvalue weighted by Crippen LogP contribution is -2.53. The summed E-state index contributed by atoms with van der Waals surface area (Å²) in [7, 11) is 0. The van der Waals surface area contributed by atoms with Gasteiger partial charge in [0.25, 0.3) is 5.91 Å². The number of aromatic nitrogens is 2. The highest BCUT2D eigenvalue weighted by atomic mass is 16.2. The highest BCUT2D eigenvalue weighted by molar-refractivity contribution is 6.12. The van der Waals surface area contributed by atoms with Gasteiger partial charge < -0.3 is 10.2 Å². The van der Waals surface area contributed by atoms with Crippen molar-refractivity contribution >= 4 is 28.3 Å². The van der Waals surface area contributed by atoms with Crippen molar-refractivity contribution in [2.24, 2.45) is 0 Å². The molecule has 0 saturated heterocycles. The van der Waals surface area contributed by atoms with Crippen LogP contribution < -0.4 is 10.2 Å². The molecular formula is C28H28N4O. The largest absolute Gasteiger partial charge is 0.350 e. The summed E-state index contributed by atoms with van der Waals surface area (Å²) in [5.74, 6) is 0.893. The number of nitrogens with one attached hydrogen (secondary N) is 1. The van der Waals surface area contributed by atoms with E-state index >= 15 is 0 Å². The van der Waals surface area contributed by atoms with E-state index in [1.165, 1.54) is 16.7 Å². The standard InChI is InChI=1S/C28H28N4O/c1-5-13-31-24-12-11-19(6-2)16-21(24)28(27(31)33)30-22-10-8-7-9-20(22)26-29-23-14-17(3)18(4)15-25(23)32(26)28/h7-12,14-16,30H,5-6,13H2,1-4H3. The first-order valence-corrected chi connectivity index (χ1v) is 11.8. The van der Waals surface area contributed by atoms with E-state index in [0.29, 0.717) is 6.54 Å². The average molecular weight is 437 g/mol. The number of rotatable bonds is 3. The van der Waals surface area contributed by atoms with E-state index in [4.69, 9.17) is 4.98 Å². The molecule has 1 amide bonds. The predicted octanol–water partition coefficient (Wildman–Crippen LogP) is 5.77. The Morgan fingerprint density at radius 3 is 2.58 bits per heavy atom. The molecule has 1 N–H and O–H groups in total. The van der Waals surface area contributed by atoms with Crippen molar-refractivity contribution in [3.05, 3.63) is 76.9 Å². The van der Waals surface area contributed by atoms with E-state index in [1.54, 1.807) is 0 Å². The van der Waals surface area contributed by atoms with Gasteiger partial charge in [0.15, 0.2) is 0 Å². The molecule has 2 aliphatic rings. The van der Waals surface area contributed by atoms with Crippen LogP contribution in [0.3, 0.4) is 0 Å². The molecule has 1 aromatic heterocycles. The lowest BCUT2D eigenvalue weighted by atomic mass is 9.93. The van der Waals surface area contributed by atoms with E-state index in [0.717, 1.165) is 52.2 Å². The second kappa shape index (κ2) is 6.95. The van der Waals surface area contributed by atoms with Gasteiger partial charge in [-0.05, 0) is 79.8 Å². The number of fused-ring (bicyclic) bond motifs is 8. The minimum atomic E-state index is -1.06. The molecule has 33 heavy (non-hydrogen) atoms. The minimum Gasteiger partial charge on any atom is -0.350 e. The maximum atomic E-state index is 14.4. The number of nitrogens with zero attached hydrogens (tertiary/aromatic N) is 3. The van der Waals surface area contributed by atoms with Crippen LogP contribution >= 0.6 is 0 Å². The zero-order valence-corrected chi connectivity index (χ0v) is 19.6. The number of carbonyl (C=O) groups excluding carboxylic acids is 1. The molecule has 5 nitrogen and oxygen atoms in total. The Kier molecular flexibility index (Phi) is 4.22. The average Bonchev–Trinajstić information content (AvgIpc) is 3.29. The molecule has 0 fully saturated rings. The van der Waals surface area contributed by atoms with Crippen molar-refractivity contribution in [1.82, 2.24) is 9.55 Å². The Morgan fingerprint density at radius 2 is 1.79 bits per heavy atom. The van der Waals surface area contributed by atoms with Crippen LogP contribution in [-0.4, -0.2) is 22.0 Å². The van der Waals surface area contributed by atoms with Crippen LogP contribution in [0.5, 0.6) is 0 Å². The summed E-state index contributed by atoms with van der Waals surface area (Å²) in [6.07, 6.45) is 1.81. The predicted molar refractivity (Wildman–Crippen MR) is 134 cm³/mol. The van der Waals surface area contributed by atoms with Gasteiger partial charge in [0, 0.05) is 23.4 Å². The van der Waals surface area contributed by atoms with Crippen LogP contribution in [0.4, 0.5) is 11.4 Å². The van der Waals surface area contributed by atoms with Crippen LogP contribution in [0.1, 0.15) is 42.5 Å². The van der Waals surface area contributed by atoms with Gasteiger partial charge in [-0.25, -0.2) is 4.98 Å². The zero-order valence-electron chi connectivity index (χ0n) is 19.6. The maximum Gasteiger partial charge on any atom is 0.279 e. The number of anilines is 2. The third kappa shape index (κ3) is 2.53. The van der Waals surface area contributed by atoms with Crippen molar-refractivity contribution in [2.45, 2.75) is 46.2 Å². The lowest BCUT2D eigenvalue weighted by molar-refractivity contribution is -0.123. The monoisotopic (exact) mass is 436 g/mol. The van der Waals surface area contributed by atoms with Gasteiger partial charge in [-0.2, -0.15) is 0 Å². The number of imidazole rings is 1. The van der Waals surface area contributed by atoms with Gasteiger partial charge in [0.2, 0.25) is 5.66 Å². The molecule has 5 heteroatoms. The van der Waals surface area contributed by atoms with Gasteiger partial charge in [-0.3, -0.25) is 9.36 Å². The van der Waals surface area contributed by atoms with Gasteiger partial charge in [-0.15, -0.1) is 0 Å². The Labute approximate surface area is 194 Å². The van der Waals surface area contributed by atoms with Crippen molar-refractivity contribution in [3.63, 3.8) is 0 Å². The molecule has 1 atom stereocenters. The Bertz CT molecular complexity index is 1450. The number of benzene rings is 3. The molecule has 3 aromatic carbocycles. The van der Waals surface area contributed by atoms with E-state index in [2.05, 4.69) is 80.0 Å². The number of hydrogen-bond acceptors (Lipinski definition) is 3. The quantitative estimate of drug-likeness (QED) is 0.444. The van der Waals surface area contributed by atoms with Crippen molar-refractivity contribution in [3.8, 4) is 11.4 Å². The van der Waals surface area contributed by atoms with Gasteiger partial charge in [0.1, 0.15) is 5.82 Å². The highest BCUT2D eigenvalue weighted by Crippen LogP contribution is 2.51. The fourth-order valence-corrected chi connectivity index (χ4v) is 5.42. The summed E-state index contributed by atoms with van der Waals surface area (Å²) in [6, 6.07) is 19.0. The topological polar surface area (TPSA) is 50.2 Å². The molecule has 0 bridgehead atoms. The minimum absolute atomic E-state index is 0.0564. The van der Waals surface area contributed by atoms with Crippen LogP contribution in [0.15, 0.2) is 54.6 Å². The number of aryl methyl sites for hydroxylation is 3. The smallest absolute Gasteiger partial charge is 0.279 e. The summed E-state index contributed by atoms with van der Waals surface area (Å²) >= 11 is 0. The number of carbonyl (C=O) groups is 1. The van der Waals surface area contributed by atoms with Crippen LogP contribution in [0.25, 0.3) is 22.4 Å². The number of hydrogen-bond donors (Lipinski definition) is 1. The molecule has 0 aliphatic carbocycles. The molecule has 4 aromatic rings. The van der Waals surface area contributed by atoms with E-state index in [1.807, 2.05) is 17.0 Å². The lowest BCUT2D eigenvalue weighted by Gasteiger charge is -2.38. The van der Waals surface area contributed by atoms with E-state index in [-0.39, 0.29) is 5.91 Å². The summed E-state index contributed by atoms with van der Waals surface area (Å²) in [6.45, 7) is 9.19. The molecular weight excluding hydrogens is 408 g/mol. The highest BCUT2D eigenvalue weighted by Gasteiger charge is 2.56. The maximum absolute atomic E-state index is 14.4. The molecule has 1 unspecified atom stereocenters. The van der Waals surface area contributed by atoms with Gasteiger partial charge in [0.05, 0.1) is 16.7 Å². The summed E-state index contributed by atoms with van der Waals surface area (Å²) in [4.78, 5) is 21.4. The summed E-state index contributed by atoms with van der Waals surface area (Å²) < 4.78 is 2.16. The Balaban J connectivity index is 1.76. The molecule has 2 aliphatic heterocycles. The van der Waals surface area contributed by atoms with E-state index < -0.39 is 5.66 Å². The second-order valence-electron chi connectivity index (χ2n) is 9.24. The molecule has 3 heterocycles. The normalized spacial score (nSPS) is 18.4. The first-order valence-electron chi connectivity index (χ1n) is 11.8.